The van der Waals surface area contributed by atoms with Gasteiger partial charge in [-0.1, -0.05) is 19.1 Å². The second-order valence-electron chi connectivity index (χ2n) is 6.13. The maximum atomic E-state index is 12.3. The number of carbonyl (C=O) groups excluding carboxylic acids is 2. The highest BCUT2D eigenvalue weighted by Crippen LogP contribution is 2.26. The van der Waals surface area contributed by atoms with Gasteiger partial charge in [0.2, 0.25) is 0 Å². The average Bonchev–Trinajstić information content (AvgIpc) is 2.94. The van der Waals surface area contributed by atoms with Crippen LogP contribution in [0.3, 0.4) is 0 Å². The number of aromatic nitrogens is 1. The third kappa shape index (κ3) is 3.45. The zero-order valence-electron chi connectivity index (χ0n) is 13.4. The lowest BCUT2D eigenvalue weighted by Gasteiger charge is -2.21. The molecule has 0 atom stereocenters. The molecule has 0 aliphatic heterocycles. The van der Waals surface area contributed by atoms with Gasteiger partial charge in [0.1, 0.15) is 11.9 Å². The Morgan fingerprint density at radius 1 is 1.27 bits per heavy atom. The molecule has 0 saturated carbocycles. The molecule has 0 radical (unpaired) electrons. The molecule has 22 heavy (non-hydrogen) atoms. The van der Waals surface area contributed by atoms with E-state index in [2.05, 4.69) is 0 Å². The fourth-order valence-electron chi connectivity index (χ4n) is 2.30. The Balaban J connectivity index is 2.45. The first kappa shape index (κ1) is 16.0. The van der Waals surface area contributed by atoms with Crippen LogP contribution in [0.25, 0.3) is 11.3 Å². The van der Waals surface area contributed by atoms with Crippen molar-refractivity contribution in [3.05, 3.63) is 47.7 Å². The number of rotatable bonds is 3. The summed E-state index contributed by atoms with van der Waals surface area (Å²) in [6.45, 7) is 7.54. The molecule has 0 aliphatic carbocycles. The molecule has 0 bridgehead atoms. The van der Waals surface area contributed by atoms with Crippen molar-refractivity contribution in [2.45, 2.75) is 39.7 Å². The lowest BCUT2D eigenvalue weighted by atomic mass is 10.00. The van der Waals surface area contributed by atoms with Crippen molar-refractivity contribution in [1.29, 1.82) is 0 Å². The van der Waals surface area contributed by atoms with Crippen LogP contribution in [0.4, 0.5) is 4.79 Å². The van der Waals surface area contributed by atoms with Crippen LogP contribution in [0, 0.1) is 0 Å². The molecule has 0 amide bonds. The Hall–Kier alpha value is -2.36. The van der Waals surface area contributed by atoms with Crippen LogP contribution >= 0.6 is 0 Å². The molecule has 0 fully saturated rings. The quantitative estimate of drug-likeness (QED) is 0.793. The standard InChI is InChI=1S/C18H21NO3/c1-5-14-11-13(12-20)8-9-15(14)16-7-6-10-19(16)17(21)22-18(2,3)4/h6-12H,5H2,1-4H3. The number of benzene rings is 1. The predicted octanol–water partition coefficient (Wildman–Crippen LogP) is 4.31. The van der Waals surface area contributed by atoms with Crippen molar-refractivity contribution in [3.8, 4) is 11.3 Å². The van der Waals surface area contributed by atoms with Gasteiger partial charge in [0, 0.05) is 17.3 Å². The molecule has 116 valence electrons. The Bertz CT molecular complexity index is 693. The molecule has 0 saturated heterocycles. The van der Waals surface area contributed by atoms with E-state index in [0.29, 0.717) is 5.56 Å². The number of aryl methyl sites for hydroxylation is 1. The fraction of sp³-hybridized carbons (Fsp3) is 0.333. The number of hydrogen-bond donors (Lipinski definition) is 0. The highest BCUT2D eigenvalue weighted by molar-refractivity contribution is 5.82. The first-order valence-corrected chi connectivity index (χ1v) is 7.35. The maximum Gasteiger partial charge on any atom is 0.418 e. The first-order chi connectivity index (χ1) is 10.4. The molecule has 0 aliphatic rings. The summed E-state index contributed by atoms with van der Waals surface area (Å²) in [5.74, 6) is 0. The highest BCUT2D eigenvalue weighted by Gasteiger charge is 2.20. The van der Waals surface area contributed by atoms with Crippen LogP contribution in [-0.2, 0) is 11.2 Å². The van der Waals surface area contributed by atoms with Gasteiger partial charge in [-0.15, -0.1) is 0 Å². The summed E-state index contributed by atoms with van der Waals surface area (Å²) >= 11 is 0. The molecule has 1 aromatic carbocycles. The van der Waals surface area contributed by atoms with Gasteiger partial charge >= 0.3 is 6.09 Å². The summed E-state index contributed by atoms with van der Waals surface area (Å²) in [4.78, 5) is 23.2. The Morgan fingerprint density at radius 3 is 2.59 bits per heavy atom. The van der Waals surface area contributed by atoms with Gasteiger partial charge in [-0.05, 0) is 51.0 Å². The minimum absolute atomic E-state index is 0.408. The van der Waals surface area contributed by atoms with E-state index in [9.17, 15) is 9.59 Å². The van der Waals surface area contributed by atoms with Gasteiger partial charge in [-0.3, -0.25) is 9.36 Å². The lowest BCUT2D eigenvalue weighted by Crippen LogP contribution is -2.27. The molecule has 1 heterocycles. The summed E-state index contributed by atoms with van der Waals surface area (Å²) < 4.78 is 6.93. The molecule has 4 heteroatoms. The van der Waals surface area contributed by atoms with Crippen molar-refractivity contribution >= 4 is 12.4 Å². The highest BCUT2D eigenvalue weighted by atomic mass is 16.6. The van der Waals surface area contributed by atoms with Crippen LogP contribution < -0.4 is 0 Å². The minimum atomic E-state index is -0.548. The zero-order valence-corrected chi connectivity index (χ0v) is 13.4. The van der Waals surface area contributed by atoms with Crippen molar-refractivity contribution in [1.82, 2.24) is 4.57 Å². The van der Waals surface area contributed by atoms with Gasteiger partial charge in [0.25, 0.3) is 0 Å². The monoisotopic (exact) mass is 299 g/mol. The molecule has 2 aromatic rings. The summed E-state index contributed by atoms with van der Waals surface area (Å²) in [6, 6.07) is 9.17. The van der Waals surface area contributed by atoms with Crippen LogP contribution in [-0.4, -0.2) is 22.5 Å². The number of nitrogens with zero attached hydrogens (tertiary/aromatic N) is 1. The van der Waals surface area contributed by atoms with Crippen LogP contribution in [0.2, 0.25) is 0 Å². The van der Waals surface area contributed by atoms with E-state index in [0.717, 1.165) is 29.5 Å². The number of ether oxygens (including phenoxy) is 1. The second kappa shape index (κ2) is 6.18. The van der Waals surface area contributed by atoms with Gasteiger partial charge in [-0.2, -0.15) is 0 Å². The minimum Gasteiger partial charge on any atom is -0.443 e. The Labute approximate surface area is 130 Å². The van der Waals surface area contributed by atoms with Crippen LogP contribution in [0.15, 0.2) is 36.5 Å². The third-order valence-corrected chi connectivity index (χ3v) is 3.26. The van der Waals surface area contributed by atoms with E-state index in [-0.39, 0.29) is 0 Å². The smallest absolute Gasteiger partial charge is 0.418 e. The van der Waals surface area contributed by atoms with Crippen molar-refractivity contribution < 1.29 is 14.3 Å². The van der Waals surface area contributed by atoms with Crippen molar-refractivity contribution in [2.24, 2.45) is 0 Å². The van der Waals surface area contributed by atoms with Crippen molar-refractivity contribution in [2.75, 3.05) is 0 Å². The second-order valence-corrected chi connectivity index (χ2v) is 6.13. The van der Waals surface area contributed by atoms with E-state index >= 15 is 0 Å². The lowest BCUT2D eigenvalue weighted by molar-refractivity contribution is 0.0540. The van der Waals surface area contributed by atoms with Crippen molar-refractivity contribution in [3.63, 3.8) is 0 Å². The summed E-state index contributed by atoms with van der Waals surface area (Å²) in [5, 5.41) is 0. The normalized spacial score (nSPS) is 11.3. The van der Waals surface area contributed by atoms with Crippen LogP contribution in [0.1, 0.15) is 43.6 Å². The first-order valence-electron chi connectivity index (χ1n) is 7.35. The molecular formula is C18H21NO3. The van der Waals surface area contributed by atoms with Gasteiger partial charge in [0.15, 0.2) is 0 Å². The average molecular weight is 299 g/mol. The Kier molecular flexibility index (Phi) is 4.50. The number of carbonyl (C=O) groups is 2. The Morgan fingerprint density at radius 2 is 2.00 bits per heavy atom. The summed E-state index contributed by atoms with van der Waals surface area (Å²) in [6.07, 6.45) is 2.89. The third-order valence-electron chi connectivity index (χ3n) is 3.26. The summed E-state index contributed by atoms with van der Waals surface area (Å²) in [5.41, 5.74) is 2.81. The van der Waals surface area contributed by atoms with E-state index < -0.39 is 11.7 Å². The van der Waals surface area contributed by atoms with E-state index in [1.807, 2.05) is 52.0 Å². The van der Waals surface area contributed by atoms with E-state index in [4.69, 9.17) is 4.74 Å². The molecule has 0 unspecified atom stereocenters. The molecule has 0 spiro atoms. The predicted molar refractivity (Wildman–Crippen MR) is 86.3 cm³/mol. The number of hydrogen-bond acceptors (Lipinski definition) is 3. The summed E-state index contributed by atoms with van der Waals surface area (Å²) in [7, 11) is 0. The largest absolute Gasteiger partial charge is 0.443 e. The molecule has 1 aromatic heterocycles. The molecule has 4 nitrogen and oxygen atoms in total. The fourth-order valence-corrected chi connectivity index (χ4v) is 2.30. The SMILES string of the molecule is CCc1cc(C=O)ccc1-c1cccn1C(=O)OC(C)(C)C. The molecule has 2 rings (SSSR count). The van der Waals surface area contributed by atoms with Gasteiger partial charge in [-0.25, -0.2) is 4.79 Å². The number of aldehydes is 1. The van der Waals surface area contributed by atoms with E-state index in [1.165, 1.54) is 4.57 Å². The topological polar surface area (TPSA) is 48.3 Å². The van der Waals surface area contributed by atoms with Crippen LogP contribution in [0.5, 0.6) is 0 Å². The van der Waals surface area contributed by atoms with Gasteiger partial charge < -0.3 is 4.74 Å². The molecular weight excluding hydrogens is 278 g/mol. The molecule has 0 N–H and O–H groups in total. The van der Waals surface area contributed by atoms with Gasteiger partial charge in [0.05, 0.1) is 5.69 Å². The zero-order chi connectivity index (χ0) is 16.3. The van der Waals surface area contributed by atoms with E-state index in [1.54, 1.807) is 12.3 Å². The maximum absolute atomic E-state index is 12.3.